The van der Waals surface area contributed by atoms with E-state index in [1.807, 2.05) is 97.9 Å². The Labute approximate surface area is 189 Å². The lowest BCUT2D eigenvalue weighted by Gasteiger charge is -2.16. The Kier molecular flexibility index (Phi) is 6.13. The van der Waals surface area contributed by atoms with Crippen LogP contribution in [0, 0.1) is 20.8 Å². The highest BCUT2D eigenvalue weighted by Gasteiger charge is 2.17. The van der Waals surface area contributed by atoms with Gasteiger partial charge in [-0.2, -0.15) is 0 Å². The first-order valence-corrected chi connectivity index (χ1v) is 10.8. The molecule has 4 rings (SSSR count). The number of hydrogen-bond donors (Lipinski definition) is 0. The summed E-state index contributed by atoms with van der Waals surface area (Å²) >= 11 is 0. The highest BCUT2D eigenvalue weighted by molar-refractivity contribution is 6.10. The zero-order valence-electron chi connectivity index (χ0n) is 18.7. The first kappa shape index (κ1) is 21.5. The highest BCUT2D eigenvalue weighted by atomic mass is 16.1. The Morgan fingerprint density at radius 3 is 1.62 bits per heavy atom. The van der Waals surface area contributed by atoms with Crippen LogP contribution in [0.25, 0.3) is 0 Å². The minimum absolute atomic E-state index is 0.0234. The average Bonchev–Trinajstić information content (AvgIpc) is 2.85. The largest absolute Gasteiger partial charge is 0.289 e. The molecule has 0 atom stereocenters. The molecule has 0 radical (unpaired) electrons. The molecule has 0 aliphatic carbocycles. The minimum atomic E-state index is 0.0234. The predicted molar refractivity (Wildman–Crippen MR) is 130 cm³/mol. The average molecular weight is 419 g/mol. The quantitative estimate of drug-likeness (QED) is 0.328. The fourth-order valence-electron chi connectivity index (χ4n) is 4.03. The van der Waals surface area contributed by atoms with Crippen molar-refractivity contribution in [1.82, 2.24) is 0 Å². The smallest absolute Gasteiger partial charge is 0.193 e. The summed E-state index contributed by atoms with van der Waals surface area (Å²) in [5, 5.41) is 0. The van der Waals surface area contributed by atoms with Gasteiger partial charge in [0, 0.05) is 22.3 Å². The molecule has 0 amide bonds. The Balaban J connectivity index is 1.62. The SMILES string of the molecule is Cc1c(Cc2ccc(C(=O)c3ccccc3)cc2)cc(C(=O)c2ccccc2)c(C)c1C. The number of rotatable bonds is 6. The molecule has 0 unspecified atom stereocenters. The summed E-state index contributed by atoms with van der Waals surface area (Å²) in [6.07, 6.45) is 0.710. The molecule has 0 bridgehead atoms. The van der Waals surface area contributed by atoms with Crippen LogP contribution in [0.3, 0.4) is 0 Å². The summed E-state index contributed by atoms with van der Waals surface area (Å²) in [7, 11) is 0. The maximum Gasteiger partial charge on any atom is 0.193 e. The molecule has 0 aromatic heterocycles. The monoisotopic (exact) mass is 418 g/mol. The van der Waals surface area contributed by atoms with Crippen molar-refractivity contribution < 1.29 is 9.59 Å². The van der Waals surface area contributed by atoms with Gasteiger partial charge >= 0.3 is 0 Å². The molecule has 0 saturated carbocycles. The summed E-state index contributed by atoms with van der Waals surface area (Å²) in [6, 6.07) is 28.6. The van der Waals surface area contributed by atoms with E-state index in [-0.39, 0.29) is 11.6 Å². The Morgan fingerprint density at radius 1 is 0.562 bits per heavy atom. The van der Waals surface area contributed by atoms with E-state index in [1.54, 1.807) is 0 Å². The highest BCUT2D eigenvalue weighted by Crippen LogP contribution is 2.26. The van der Waals surface area contributed by atoms with Gasteiger partial charge in [0.15, 0.2) is 11.6 Å². The standard InChI is InChI=1S/C30H26O2/c1-20-21(2)27(19-28(22(20)3)30(32)25-12-8-5-9-13-25)18-23-14-16-26(17-15-23)29(31)24-10-6-4-7-11-24/h4-17,19H,18H2,1-3H3. The van der Waals surface area contributed by atoms with Crippen LogP contribution in [-0.4, -0.2) is 11.6 Å². The lowest BCUT2D eigenvalue weighted by Crippen LogP contribution is -2.08. The normalized spacial score (nSPS) is 10.7. The topological polar surface area (TPSA) is 34.1 Å². The molecule has 0 N–H and O–H groups in total. The van der Waals surface area contributed by atoms with Crippen molar-refractivity contribution in [2.75, 3.05) is 0 Å². The van der Waals surface area contributed by atoms with E-state index < -0.39 is 0 Å². The molecular formula is C30H26O2. The van der Waals surface area contributed by atoms with E-state index in [9.17, 15) is 9.59 Å². The van der Waals surface area contributed by atoms with Crippen LogP contribution < -0.4 is 0 Å². The molecule has 0 saturated heterocycles. The van der Waals surface area contributed by atoms with E-state index in [1.165, 1.54) is 5.56 Å². The van der Waals surface area contributed by atoms with Gasteiger partial charge in [-0.25, -0.2) is 0 Å². The molecule has 158 valence electrons. The van der Waals surface area contributed by atoms with Gasteiger partial charge < -0.3 is 0 Å². The summed E-state index contributed by atoms with van der Waals surface area (Å²) in [6.45, 7) is 6.21. The third-order valence-corrected chi connectivity index (χ3v) is 6.26. The lowest BCUT2D eigenvalue weighted by atomic mass is 9.88. The Hall–Kier alpha value is -3.78. The molecule has 0 heterocycles. The number of hydrogen-bond acceptors (Lipinski definition) is 2. The Morgan fingerprint density at radius 2 is 1.06 bits per heavy atom. The second kappa shape index (κ2) is 9.15. The van der Waals surface area contributed by atoms with Crippen LogP contribution in [0.15, 0.2) is 91.0 Å². The molecule has 0 aliphatic heterocycles. The zero-order valence-corrected chi connectivity index (χ0v) is 18.7. The third kappa shape index (κ3) is 4.31. The van der Waals surface area contributed by atoms with Crippen LogP contribution in [-0.2, 0) is 6.42 Å². The van der Waals surface area contributed by atoms with Crippen molar-refractivity contribution in [2.45, 2.75) is 27.2 Å². The zero-order chi connectivity index (χ0) is 22.7. The van der Waals surface area contributed by atoms with Gasteiger partial charge in [0.1, 0.15) is 0 Å². The van der Waals surface area contributed by atoms with Gasteiger partial charge in [-0.05, 0) is 61.1 Å². The van der Waals surface area contributed by atoms with Gasteiger partial charge in [0.2, 0.25) is 0 Å². The van der Waals surface area contributed by atoms with Crippen molar-refractivity contribution in [3.05, 3.63) is 141 Å². The second-order valence-electron chi connectivity index (χ2n) is 8.22. The van der Waals surface area contributed by atoms with E-state index in [4.69, 9.17) is 0 Å². The predicted octanol–water partition coefficient (Wildman–Crippen LogP) is 6.66. The van der Waals surface area contributed by atoms with Crippen LogP contribution in [0.4, 0.5) is 0 Å². The van der Waals surface area contributed by atoms with Crippen molar-refractivity contribution >= 4 is 11.6 Å². The first-order chi connectivity index (χ1) is 15.5. The lowest BCUT2D eigenvalue weighted by molar-refractivity contribution is 0.103. The molecule has 4 aromatic rings. The number of carbonyl (C=O) groups is 2. The van der Waals surface area contributed by atoms with Crippen molar-refractivity contribution in [2.24, 2.45) is 0 Å². The summed E-state index contributed by atoms with van der Waals surface area (Å²) in [5.74, 6) is 0.0755. The van der Waals surface area contributed by atoms with Crippen LogP contribution in [0.5, 0.6) is 0 Å². The van der Waals surface area contributed by atoms with Crippen LogP contribution in [0.1, 0.15) is 59.7 Å². The number of ketones is 2. The molecular weight excluding hydrogens is 392 g/mol. The second-order valence-corrected chi connectivity index (χ2v) is 8.22. The molecule has 0 fully saturated rings. The maximum absolute atomic E-state index is 13.2. The molecule has 0 aliphatic rings. The van der Waals surface area contributed by atoms with E-state index >= 15 is 0 Å². The molecule has 0 spiro atoms. The van der Waals surface area contributed by atoms with E-state index in [0.29, 0.717) is 23.1 Å². The summed E-state index contributed by atoms with van der Waals surface area (Å²) < 4.78 is 0. The summed E-state index contributed by atoms with van der Waals surface area (Å²) in [4.78, 5) is 25.8. The van der Waals surface area contributed by atoms with Gasteiger partial charge in [-0.1, -0.05) is 84.9 Å². The summed E-state index contributed by atoms with van der Waals surface area (Å²) in [5.41, 5.74) is 8.46. The van der Waals surface area contributed by atoms with Crippen LogP contribution in [0.2, 0.25) is 0 Å². The third-order valence-electron chi connectivity index (χ3n) is 6.26. The van der Waals surface area contributed by atoms with Crippen molar-refractivity contribution in [3.8, 4) is 0 Å². The minimum Gasteiger partial charge on any atom is -0.289 e. The fraction of sp³-hybridized carbons (Fsp3) is 0.133. The number of benzene rings is 4. The molecule has 4 aromatic carbocycles. The van der Waals surface area contributed by atoms with Crippen molar-refractivity contribution in [3.63, 3.8) is 0 Å². The van der Waals surface area contributed by atoms with Gasteiger partial charge in [-0.15, -0.1) is 0 Å². The fourth-order valence-corrected chi connectivity index (χ4v) is 4.03. The van der Waals surface area contributed by atoms with Crippen molar-refractivity contribution in [1.29, 1.82) is 0 Å². The first-order valence-electron chi connectivity index (χ1n) is 10.8. The molecule has 2 heteroatoms. The Bertz CT molecular complexity index is 1270. The molecule has 32 heavy (non-hydrogen) atoms. The molecule has 2 nitrogen and oxygen atoms in total. The van der Waals surface area contributed by atoms with E-state index in [2.05, 4.69) is 13.8 Å². The van der Waals surface area contributed by atoms with E-state index in [0.717, 1.165) is 27.8 Å². The number of carbonyl (C=O) groups excluding carboxylic acids is 2. The van der Waals surface area contributed by atoms with Gasteiger partial charge in [-0.3, -0.25) is 9.59 Å². The van der Waals surface area contributed by atoms with Gasteiger partial charge in [0.25, 0.3) is 0 Å². The maximum atomic E-state index is 13.2. The van der Waals surface area contributed by atoms with Gasteiger partial charge in [0.05, 0.1) is 0 Å². The van der Waals surface area contributed by atoms with Crippen LogP contribution >= 0.6 is 0 Å².